The molecule has 1 saturated heterocycles. The van der Waals surface area contributed by atoms with Gasteiger partial charge in [0.05, 0.1) is 30.9 Å². The molecule has 1 aliphatic heterocycles. The number of hydrogen-bond acceptors (Lipinski definition) is 5. The van der Waals surface area contributed by atoms with Crippen LogP contribution in [0.25, 0.3) is 0 Å². The molecule has 1 aromatic carbocycles. The van der Waals surface area contributed by atoms with E-state index >= 15 is 0 Å². The van der Waals surface area contributed by atoms with Crippen molar-refractivity contribution in [3.8, 4) is 0 Å². The monoisotopic (exact) mass is 498 g/mol. The number of amides is 2. The first-order valence-electron chi connectivity index (χ1n) is 11.9. The van der Waals surface area contributed by atoms with Gasteiger partial charge in [0.2, 0.25) is 0 Å². The van der Waals surface area contributed by atoms with E-state index in [1.54, 1.807) is 27.3 Å². The maximum Gasteiger partial charge on any atom is 0.273 e. The zero-order chi connectivity index (χ0) is 24.9. The number of morpholine rings is 1. The third kappa shape index (κ3) is 5.97. The summed E-state index contributed by atoms with van der Waals surface area (Å²) in [5, 5.41) is 2.61. The summed E-state index contributed by atoms with van der Waals surface area (Å²) in [6, 6.07) is 9.94. The van der Waals surface area contributed by atoms with Crippen molar-refractivity contribution in [2.75, 3.05) is 19.6 Å². The average Bonchev–Trinajstić information content (AvgIpc) is 3.47. The van der Waals surface area contributed by atoms with E-state index < -0.39 is 5.82 Å². The molecule has 0 saturated carbocycles. The molecular weight excluding hydrogens is 467 g/mol. The Balaban J connectivity index is 1.46. The van der Waals surface area contributed by atoms with E-state index in [2.05, 4.69) is 4.98 Å². The van der Waals surface area contributed by atoms with E-state index in [1.165, 1.54) is 23.5 Å². The van der Waals surface area contributed by atoms with Crippen molar-refractivity contribution in [1.29, 1.82) is 0 Å². The lowest BCUT2D eigenvalue weighted by Crippen LogP contribution is -2.48. The Morgan fingerprint density at radius 3 is 2.63 bits per heavy atom. The highest BCUT2D eigenvalue weighted by Gasteiger charge is 2.28. The Kier molecular flexibility index (Phi) is 7.97. The quantitative estimate of drug-likeness (QED) is 0.461. The van der Waals surface area contributed by atoms with Crippen molar-refractivity contribution in [3.05, 3.63) is 75.8 Å². The van der Waals surface area contributed by atoms with Gasteiger partial charge in [0, 0.05) is 36.9 Å². The zero-order valence-electron chi connectivity index (χ0n) is 20.3. The van der Waals surface area contributed by atoms with E-state index in [1.807, 2.05) is 43.7 Å². The second kappa shape index (κ2) is 11.1. The topological polar surface area (TPSA) is 67.7 Å². The summed E-state index contributed by atoms with van der Waals surface area (Å²) in [7, 11) is 0. The molecule has 0 spiro atoms. The number of hydrogen-bond donors (Lipinski definition) is 0. The average molecular weight is 499 g/mol. The molecule has 9 heteroatoms. The summed E-state index contributed by atoms with van der Waals surface area (Å²) in [4.78, 5) is 34.1. The molecule has 0 radical (unpaired) electrons. The molecule has 0 bridgehead atoms. The first kappa shape index (κ1) is 25.1. The number of halogens is 1. The van der Waals surface area contributed by atoms with Crippen LogP contribution in [0.2, 0.25) is 0 Å². The van der Waals surface area contributed by atoms with Crippen LogP contribution in [0, 0.1) is 5.82 Å². The second-order valence-electron chi connectivity index (χ2n) is 8.93. The predicted molar refractivity (Wildman–Crippen MR) is 133 cm³/mol. The number of nitrogens with zero attached hydrogens (tertiary/aromatic N) is 4. The van der Waals surface area contributed by atoms with Gasteiger partial charge in [-0.1, -0.05) is 19.1 Å². The fourth-order valence-electron chi connectivity index (χ4n) is 4.40. The number of rotatable bonds is 8. The molecule has 1 fully saturated rings. The van der Waals surface area contributed by atoms with Crippen molar-refractivity contribution in [3.63, 3.8) is 0 Å². The van der Waals surface area contributed by atoms with Gasteiger partial charge in [-0.05, 0) is 44.5 Å². The number of carbonyl (C=O) groups is 2. The normalized spacial score (nSPS) is 18.0. The SMILES string of the molecule is CCCN(Cc1cccn1Cc1nc(C(=O)N2CC(C)OC(C)C2)cs1)C(=O)c1ccccc1F. The van der Waals surface area contributed by atoms with Crippen molar-refractivity contribution < 1.29 is 18.7 Å². The minimum absolute atomic E-state index is 0.00127. The van der Waals surface area contributed by atoms with Crippen molar-refractivity contribution >= 4 is 23.2 Å². The van der Waals surface area contributed by atoms with Gasteiger partial charge in [-0.2, -0.15) is 0 Å². The second-order valence-corrected chi connectivity index (χ2v) is 9.87. The molecule has 35 heavy (non-hydrogen) atoms. The third-order valence-corrected chi connectivity index (χ3v) is 6.78. The minimum Gasteiger partial charge on any atom is -0.372 e. The number of benzene rings is 1. The number of aromatic nitrogens is 2. The number of ether oxygens (including phenoxy) is 1. The molecule has 1 aliphatic rings. The first-order valence-corrected chi connectivity index (χ1v) is 12.8. The highest BCUT2D eigenvalue weighted by molar-refractivity contribution is 7.09. The lowest BCUT2D eigenvalue weighted by molar-refractivity contribution is -0.0587. The van der Waals surface area contributed by atoms with Crippen LogP contribution in [-0.4, -0.2) is 63.0 Å². The van der Waals surface area contributed by atoms with Crippen LogP contribution in [0.15, 0.2) is 48.0 Å². The molecule has 0 N–H and O–H groups in total. The van der Waals surface area contributed by atoms with Crippen molar-refractivity contribution in [2.45, 2.75) is 52.5 Å². The summed E-state index contributed by atoms with van der Waals surface area (Å²) in [6.07, 6.45) is 2.70. The smallest absolute Gasteiger partial charge is 0.273 e. The van der Waals surface area contributed by atoms with E-state index in [4.69, 9.17) is 4.74 Å². The highest BCUT2D eigenvalue weighted by atomic mass is 32.1. The fraction of sp³-hybridized carbons (Fsp3) is 0.423. The zero-order valence-corrected chi connectivity index (χ0v) is 21.1. The van der Waals surface area contributed by atoms with Gasteiger partial charge in [0.25, 0.3) is 11.8 Å². The van der Waals surface area contributed by atoms with Crippen LogP contribution >= 0.6 is 11.3 Å². The van der Waals surface area contributed by atoms with E-state index in [0.29, 0.717) is 38.4 Å². The maximum absolute atomic E-state index is 14.2. The van der Waals surface area contributed by atoms with Crippen molar-refractivity contribution in [2.24, 2.45) is 0 Å². The number of thiazole rings is 1. The molecule has 2 atom stereocenters. The Hall–Kier alpha value is -3.04. The molecule has 0 aliphatic carbocycles. The molecule has 2 unspecified atom stereocenters. The van der Waals surface area contributed by atoms with Crippen molar-refractivity contribution in [1.82, 2.24) is 19.4 Å². The van der Waals surface area contributed by atoms with Gasteiger partial charge in [-0.3, -0.25) is 9.59 Å². The molecular formula is C26H31FN4O3S. The van der Waals surface area contributed by atoms with Gasteiger partial charge in [-0.25, -0.2) is 9.37 Å². The van der Waals surface area contributed by atoms with Gasteiger partial charge in [-0.15, -0.1) is 11.3 Å². The summed E-state index contributed by atoms with van der Waals surface area (Å²) in [5.41, 5.74) is 1.44. The van der Waals surface area contributed by atoms with Crippen LogP contribution < -0.4 is 0 Å². The van der Waals surface area contributed by atoms with E-state index in [9.17, 15) is 14.0 Å². The third-order valence-electron chi connectivity index (χ3n) is 5.94. The lowest BCUT2D eigenvalue weighted by Gasteiger charge is -2.34. The van der Waals surface area contributed by atoms with Crippen LogP contribution in [0.4, 0.5) is 4.39 Å². The van der Waals surface area contributed by atoms with E-state index in [0.717, 1.165) is 17.1 Å². The molecule has 2 amide bonds. The minimum atomic E-state index is -0.516. The molecule has 4 rings (SSSR count). The summed E-state index contributed by atoms with van der Waals surface area (Å²) in [5.74, 6) is -0.918. The maximum atomic E-state index is 14.2. The molecule has 2 aromatic heterocycles. The lowest BCUT2D eigenvalue weighted by atomic mass is 10.1. The summed E-state index contributed by atoms with van der Waals surface area (Å²) >= 11 is 1.44. The fourth-order valence-corrected chi connectivity index (χ4v) is 5.17. The van der Waals surface area contributed by atoms with Crippen LogP contribution in [0.1, 0.15) is 58.7 Å². The Morgan fingerprint density at radius 2 is 1.91 bits per heavy atom. The van der Waals surface area contributed by atoms with Crippen LogP contribution in [0.5, 0.6) is 0 Å². The van der Waals surface area contributed by atoms with Gasteiger partial charge in [0.15, 0.2) is 0 Å². The Morgan fingerprint density at radius 1 is 1.17 bits per heavy atom. The Labute approximate surface area is 209 Å². The summed E-state index contributed by atoms with van der Waals surface area (Å²) in [6.45, 7) is 8.40. The van der Waals surface area contributed by atoms with Gasteiger partial charge >= 0.3 is 0 Å². The Bertz CT molecular complexity index is 1170. The van der Waals surface area contributed by atoms with Crippen LogP contribution in [0.3, 0.4) is 0 Å². The standard InChI is InChI=1S/C26H31FN4O3S/c1-4-11-30(25(32)21-9-5-6-10-22(21)27)15-20-8-7-12-29(20)16-24-28-23(17-35-24)26(33)31-13-18(2)34-19(3)14-31/h5-10,12,17-19H,4,11,13-16H2,1-3H3. The highest BCUT2D eigenvalue weighted by Crippen LogP contribution is 2.19. The first-order chi connectivity index (χ1) is 16.9. The molecule has 7 nitrogen and oxygen atoms in total. The summed E-state index contributed by atoms with van der Waals surface area (Å²) < 4.78 is 22.0. The van der Waals surface area contributed by atoms with Gasteiger partial charge in [0.1, 0.15) is 16.5 Å². The molecule has 3 aromatic rings. The van der Waals surface area contributed by atoms with E-state index in [-0.39, 0.29) is 29.6 Å². The largest absolute Gasteiger partial charge is 0.372 e. The number of carbonyl (C=O) groups excluding carboxylic acids is 2. The van der Waals surface area contributed by atoms with Gasteiger partial charge < -0.3 is 19.1 Å². The van der Waals surface area contributed by atoms with Crippen LogP contribution in [-0.2, 0) is 17.8 Å². The predicted octanol–water partition coefficient (Wildman–Crippen LogP) is 4.43. The molecule has 186 valence electrons. The molecule has 3 heterocycles.